The number of carboxylic acid groups (broad SMARTS) is 2. The van der Waals surface area contributed by atoms with Crippen LogP contribution >= 0.6 is 0 Å². The number of aromatic nitrogens is 1. The van der Waals surface area contributed by atoms with Crippen LogP contribution in [0, 0.1) is 0 Å². The number of imide groups is 1. The van der Waals surface area contributed by atoms with E-state index in [1.807, 2.05) is 24.3 Å². The van der Waals surface area contributed by atoms with Crippen LogP contribution in [-0.2, 0) is 11.2 Å². The molecule has 0 unspecified atom stereocenters. The number of fused-ring (bicyclic) bond motifs is 4. The number of carbonyl (C=O) groups is 4. The van der Waals surface area contributed by atoms with Crippen LogP contribution in [-0.4, -0.2) is 39.8 Å². The van der Waals surface area contributed by atoms with Crippen molar-refractivity contribution in [2.24, 2.45) is 0 Å². The minimum Gasteiger partial charge on any atom is -0.545 e. The first-order chi connectivity index (χ1) is 17.3. The van der Waals surface area contributed by atoms with E-state index in [0.717, 1.165) is 27.1 Å². The van der Waals surface area contributed by atoms with Gasteiger partial charge in [0.1, 0.15) is 12.1 Å². The summed E-state index contributed by atoms with van der Waals surface area (Å²) < 4.78 is 0. The number of carboxylic acids is 2. The Hall–Kier alpha value is -4.92. The van der Waals surface area contributed by atoms with Crippen LogP contribution < -0.4 is 15.1 Å². The molecule has 0 spiro atoms. The Morgan fingerprint density at radius 1 is 0.833 bits per heavy atom. The molecule has 178 valence electrons. The first-order valence-corrected chi connectivity index (χ1v) is 11.2. The minimum absolute atomic E-state index is 0.00133. The number of nitrogens with zero attached hydrogens (tertiary/aromatic N) is 2. The molecule has 3 aromatic carbocycles. The van der Waals surface area contributed by atoms with Gasteiger partial charge in [-0.25, -0.2) is 9.69 Å². The first-order valence-electron chi connectivity index (χ1n) is 11.2. The monoisotopic (exact) mass is 479 g/mol. The highest BCUT2D eigenvalue weighted by Crippen LogP contribution is 2.44. The Balaban J connectivity index is 1.49. The molecule has 1 fully saturated rings. The van der Waals surface area contributed by atoms with Gasteiger partial charge in [-0.15, -0.1) is 0 Å². The second kappa shape index (κ2) is 7.81. The van der Waals surface area contributed by atoms with Gasteiger partial charge in [0.15, 0.2) is 0 Å². The number of hydrogen-bond acceptors (Lipinski definition) is 6. The van der Waals surface area contributed by atoms with E-state index in [0.29, 0.717) is 12.0 Å². The number of hydrogen-bond donors (Lipinski definition) is 1. The van der Waals surface area contributed by atoms with Gasteiger partial charge in [-0.05, 0) is 40.5 Å². The van der Waals surface area contributed by atoms with Gasteiger partial charge < -0.3 is 24.8 Å². The summed E-state index contributed by atoms with van der Waals surface area (Å²) in [5, 5.41) is 23.3. The molecule has 1 saturated heterocycles. The normalized spacial score (nSPS) is 18.9. The predicted octanol–water partition coefficient (Wildman–Crippen LogP) is 1.38. The molecule has 2 aliphatic rings. The number of benzene rings is 3. The lowest BCUT2D eigenvalue weighted by Gasteiger charge is -2.36. The zero-order valence-corrected chi connectivity index (χ0v) is 18.6. The van der Waals surface area contributed by atoms with E-state index in [2.05, 4.69) is 4.98 Å². The van der Waals surface area contributed by atoms with Gasteiger partial charge in [0.2, 0.25) is 0 Å². The van der Waals surface area contributed by atoms with Gasteiger partial charge in [-0.2, -0.15) is 0 Å². The Kier molecular flexibility index (Phi) is 4.68. The standard InChI is InChI=1S/C27H19N3O6/c31-24-21-13-19-18-3-1-2-4-20(18)28-22(19)23(14-5-7-15(8-6-14)25(32)33)30(21)27(36)29(24)17-11-9-16(10-12-17)26(34)35/h1-12,21,23,28H,13H2,(H,32,33)(H,34,35)/p-2/t21-,23+/m0/s1. The topological polar surface area (TPSA) is 137 Å². The van der Waals surface area contributed by atoms with E-state index in [-0.39, 0.29) is 16.8 Å². The zero-order valence-electron chi connectivity index (χ0n) is 18.6. The fourth-order valence-electron chi connectivity index (χ4n) is 5.21. The lowest BCUT2D eigenvalue weighted by Crippen LogP contribution is -2.44. The Bertz CT molecular complexity index is 1570. The van der Waals surface area contributed by atoms with E-state index < -0.39 is 36.0 Å². The van der Waals surface area contributed by atoms with Crippen molar-refractivity contribution in [2.75, 3.05) is 4.90 Å². The molecular formula is C27H17N3O6-2. The summed E-state index contributed by atoms with van der Waals surface area (Å²) in [6, 6.07) is 17.1. The molecular weight excluding hydrogens is 462 g/mol. The van der Waals surface area contributed by atoms with E-state index in [4.69, 9.17) is 0 Å². The van der Waals surface area contributed by atoms with Crippen molar-refractivity contribution in [3.8, 4) is 0 Å². The summed E-state index contributed by atoms with van der Waals surface area (Å²) in [6.07, 6.45) is 0.297. The summed E-state index contributed by atoms with van der Waals surface area (Å²) in [6.45, 7) is 0. The van der Waals surface area contributed by atoms with Crippen molar-refractivity contribution >= 4 is 40.5 Å². The van der Waals surface area contributed by atoms with Crippen LogP contribution in [0.5, 0.6) is 0 Å². The van der Waals surface area contributed by atoms with Crippen LogP contribution in [0.3, 0.4) is 0 Å². The van der Waals surface area contributed by atoms with Gasteiger partial charge in [-0.3, -0.25) is 9.69 Å². The molecule has 3 amide bonds. The predicted molar refractivity (Wildman–Crippen MR) is 124 cm³/mol. The van der Waals surface area contributed by atoms with Crippen molar-refractivity contribution in [2.45, 2.75) is 18.5 Å². The van der Waals surface area contributed by atoms with Crippen LogP contribution in [0.4, 0.5) is 10.5 Å². The molecule has 2 aliphatic heterocycles. The maximum atomic E-state index is 13.7. The second-order valence-electron chi connectivity index (χ2n) is 8.79. The molecule has 0 aliphatic carbocycles. The smallest absolute Gasteiger partial charge is 0.332 e. The number of carbonyl (C=O) groups excluding carboxylic acids is 4. The third kappa shape index (κ3) is 3.09. The van der Waals surface area contributed by atoms with E-state index in [1.165, 1.54) is 41.3 Å². The molecule has 0 saturated carbocycles. The fourth-order valence-corrected chi connectivity index (χ4v) is 5.21. The van der Waals surface area contributed by atoms with Crippen molar-refractivity contribution in [3.63, 3.8) is 0 Å². The highest BCUT2D eigenvalue weighted by molar-refractivity contribution is 6.22. The Labute approximate surface area is 204 Å². The van der Waals surface area contributed by atoms with Crippen molar-refractivity contribution < 1.29 is 29.4 Å². The molecule has 0 bridgehead atoms. The van der Waals surface area contributed by atoms with Crippen LogP contribution in [0.1, 0.15) is 43.6 Å². The average Bonchev–Trinajstić information content (AvgIpc) is 3.37. The zero-order chi connectivity index (χ0) is 25.1. The van der Waals surface area contributed by atoms with Crippen LogP contribution in [0.2, 0.25) is 0 Å². The highest BCUT2D eigenvalue weighted by atomic mass is 16.4. The molecule has 4 aromatic rings. The summed E-state index contributed by atoms with van der Waals surface area (Å²) in [7, 11) is 0. The summed E-state index contributed by atoms with van der Waals surface area (Å²) >= 11 is 0. The number of anilines is 1. The van der Waals surface area contributed by atoms with Crippen LogP contribution in [0.25, 0.3) is 10.9 Å². The first kappa shape index (κ1) is 21.6. The Morgan fingerprint density at radius 2 is 1.44 bits per heavy atom. The van der Waals surface area contributed by atoms with Gasteiger partial charge in [0.05, 0.1) is 17.6 Å². The minimum atomic E-state index is -1.36. The van der Waals surface area contributed by atoms with Gasteiger partial charge in [0, 0.05) is 23.0 Å². The van der Waals surface area contributed by atoms with Gasteiger partial charge >= 0.3 is 6.03 Å². The second-order valence-corrected chi connectivity index (χ2v) is 8.79. The average molecular weight is 479 g/mol. The lowest BCUT2D eigenvalue weighted by molar-refractivity contribution is -0.256. The molecule has 6 rings (SSSR count). The van der Waals surface area contributed by atoms with Gasteiger partial charge in [0.25, 0.3) is 5.91 Å². The lowest BCUT2D eigenvalue weighted by atomic mass is 9.88. The summed E-state index contributed by atoms with van der Waals surface area (Å²) in [5.41, 5.74) is 3.36. The number of para-hydroxylation sites is 1. The largest absolute Gasteiger partial charge is 0.545 e. The molecule has 9 heteroatoms. The van der Waals surface area contributed by atoms with Crippen molar-refractivity contribution in [1.82, 2.24) is 9.88 Å². The molecule has 36 heavy (non-hydrogen) atoms. The van der Waals surface area contributed by atoms with Crippen LogP contribution in [0.15, 0.2) is 72.8 Å². The van der Waals surface area contributed by atoms with Crippen molar-refractivity contribution in [3.05, 3.63) is 101 Å². The number of rotatable bonds is 4. The quantitative estimate of drug-likeness (QED) is 0.439. The Morgan fingerprint density at radius 3 is 2.08 bits per heavy atom. The maximum Gasteiger partial charge on any atom is 0.332 e. The summed E-state index contributed by atoms with van der Waals surface area (Å²) in [5.74, 6) is -3.09. The molecule has 1 aromatic heterocycles. The molecule has 0 radical (unpaired) electrons. The number of aromatic carboxylic acids is 2. The van der Waals surface area contributed by atoms with E-state index in [1.54, 1.807) is 12.1 Å². The number of aromatic amines is 1. The van der Waals surface area contributed by atoms with E-state index >= 15 is 0 Å². The SMILES string of the molecule is O=C([O-])c1ccc([C@@H]2c3[nH]c4ccccc4c3C[C@H]3C(=O)N(c4ccc(C(=O)[O-])cc4)C(=O)N23)cc1. The molecule has 3 heterocycles. The third-order valence-electron chi connectivity index (χ3n) is 6.87. The van der Waals surface area contributed by atoms with Gasteiger partial charge in [-0.1, -0.05) is 54.6 Å². The number of urea groups is 1. The third-order valence-corrected chi connectivity index (χ3v) is 6.87. The number of nitrogens with one attached hydrogen (secondary N) is 1. The number of amides is 3. The molecule has 1 N–H and O–H groups in total. The van der Waals surface area contributed by atoms with Crippen molar-refractivity contribution in [1.29, 1.82) is 0 Å². The van der Waals surface area contributed by atoms with E-state index in [9.17, 15) is 29.4 Å². The molecule has 2 atom stereocenters. The maximum absolute atomic E-state index is 13.7. The number of H-pyrrole nitrogens is 1. The fraction of sp³-hybridized carbons (Fsp3) is 0.111. The summed E-state index contributed by atoms with van der Waals surface area (Å²) in [4.78, 5) is 55.7. The highest BCUT2D eigenvalue weighted by Gasteiger charge is 2.53. The molecule has 9 nitrogen and oxygen atoms in total.